The summed E-state index contributed by atoms with van der Waals surface area (Å²) in [6.07, 6.45) is 0. The number of benzene rings is 8. The van der Waals surface area contributed by atoms with Gasteiger partial charge < -0.3 is 9.13 Å². The zero-order valence-corrected chi connectivity index (χ0v) is 30.3. The second-order valence-electron chi connectivity index (χ2n) is 14.0. The Morgan fingerprint density at radius 2 is 0.821 bits per heavy atom. The number of fused-ring (bicyclic) bond motifs is 7. The van der Waals surface area contributed by atoms with E-state index >= 15 is 0 Å². The summed E-state index contributed by atoms with van der Waals surface area (Å²) in [5.74, 6) is 1.91. The van der Waals surface area contributed by atoms with Crippen LogP contribution in [-0.4, -0.2) is 24.1 Å². The molecule has 0 saturated carbocycles. The molecule has 0 aliphatic carbocycles. The van der Waals surface area contributed by atoms with Crippen molar-refractivity contribution in [3.8, 4) is 56.7 Å². The van der Waals surface area contributed by atoms with Crippen molar-refractivity contribution < 1.29 is 0 Å². The molecule has 0 amide bonds. The van der Waals surface area contributed by atoms with Crippen LogP contribution in [0.2, 0.25) is 0 Å². The molecule has 5 nitrogen and oxygen atoms in total. The molecule has 0 unspecified atom stereocenters. The van der Waals surface area contributed by atoms with Gasteiger partial charge in [0.2, 0.25) is 0 Å². The summed E-state index contributed by atoms with van der Waals surface area (Å²) >= 11 is 0. The Kier molecular flexibility index (Phi) is 7.42. The molecular formula is C51H33N5. The highest BCUT2D eigenvalue weighted by atomic mass is 15.0. The molecule has 0 saturated heterocycles. The maximum absolute atomic E-state index is 5.10. The summed E-state index contributed by atoms with van der Waals surface area (Å²) in [5.41, 5.74) is 11.9. The molecule has 0 bridgehead atoms. The molecule has 262 valence electrons. The van der Waals surface area contributed by atoms with E-state index in [0.29, 0.717) is 17.5 Å². The van der Waals surface area contributed by atoms with Crippen LogP contribution in [0, 0.1) is 0 Å². The van der Waals surface area contributed by atoms with Gasteiger partial charge in [0, 0.05) is 49.6 Å². The van der Waals surface area contributed by atoms with Gasteiger partial charge in [-0.05, 0) is 53.6 Å². The summed E-state index contributed by atoms with van der Waals surface area (Å²) in [4.78, 5) is 15.1. The summed E-state index contributed by atoms with van der Waals surface area (Å²) in [6.45, 7) is 0. The highest BCUT2D eigenvalue weighted by molar-refractivity contribution is 6.26. The first kappa shape index (κ1) is 31.9. The van der Waals surface area contributed by atoms with Gasteiger partial charge in [-0.15, -0.1) is 0 Å². The van der Waals surface area contributed by atoms with Crippen molar-refractivity contribution in [2.24, 2.45) is 0 Å². The topological polar surface area (TPSA) is 48.5 Å². The van der Waals surface area contributed by atoms with Gasteiger partial charge >= 0.3 is 0 Å². The van der Waals surface area contributed by atoms with E-state index in [4.69, 9.17) is 15.0 Å². The first-order valence-corrected chi connectivity index (χ1v) is 18.9. The number of para-hydroxylation sites is 3. The van der Waals surface area contributed by atoms with Crippen LogP contribution < -0.4 is 0 Å². The number of hydrogen-bond donors (Lipinski definition) is 0. The van der Waals surface area contributed by atoms with Crippen LogP contribution in [0.25, 0.3) is 100 Å². The van der Waals surface area contributed by atoms with Gasteiger partial charge in [-0.3, -0.25) is 0 Å². The van der Waals surface area contributed by atoms with Crippen LogP contribution in [0.5, 0.6) is 0 Å². The summed E-state index contributed by atoms with van der Waals surface area (Å²) < 4.78 is 4.84. The lowest BCUT2D eigenvalue weighted by atomic mass is 9.98. The molecule has 3 aromatic heterocycles. The molecule has 0 fully saturated rings. The van der Waals surface area contributed by atoms with Gasteiger partial charge in [-0.2, -0.15) is 0 Å². The summed E-state index contributed by atoms with van der Waals surface area (Å²) in [7, 11) is 0. The van der Waals surface area contributed by atoms with Crippen molar-refractivity contribution in [3.05, 3.63) is 200 Å². The van der Waals surface area contributed by atoms with Gasteiger partial charge in [-0.1, -0.05) is 158 Å². The number of rotatable bonds is 6. The van der Waals surface area contributed by atoms with Crippen LogP contribution in [0.4, 0.5) is 0 Å². The maximum Gasteiger partial charge on any atom is 0.164 e. The molecule has 5 heteroatoms. The van der Waals surface area contributed by atoms with Crippen molar-refractivity contribution in [2.45, 2.75) is 0 Å². The van der Waals surface area contributed by atoms with E-state index in [0.717, 1.165) is 44.7 Å². The predicted octanol–water partition coefficient (Wildman–Crippen LogP) is 12.7. The summed E-state index contributed by atoms with van der Waals surface area (Å²) in [5, 5.41) is 4.90. The molecule has 0 aliphatic rings. The number of nitrogens with zero attached hydrogens (tertiary/aromatic N) is 5. The van der Waals surface area contributed by atoms with Gasteiger partial charge in [0.1, 0.15) is 0 Å². The average molecular weight is 716 g/mol. The number of aromatic nitrogens is 5. The average Bonchev–Trinajstić information content (AvgIpc) is 3.80. The van der Waals surface area contributed by atoms with Gasteiger partial charge in [-0.25, -0.2) is 15.0 Å². The smallest absolute Gasteiger partial charge is 0.164 e. The quantitative estimate of drug-likeness (QED) is 0.172. The Morgan fingerprint density at radius 3 is 1.52 bits per heavy atom. The highest BCUT2D eigenvalue weighted by Gasteiger charge is 2.21. The normalized spacial score (nSPS) is 11.6. The zero-order valence-electron chi connectivity index (χ0n) is 30.3. The molecule has 0 atom stereocenters. The van der Waals surface area contributed by atoms with Crippen LogP contribution >= 0.6 is 0 Å². The maximum atomic E-state index is 5.10. The van der Waals surface area contributed by atoms with E-state index in [-0.39, 0.29) is 0 Å². The first-order valence-electron chi connectivity index (χ1n) is 18.9. The number of hydrogen-bond acceptors (Lipinski definition) is 3. The minimum absolute atomic E-state index is 0.631. The predicted molar refractivity (Wildman–Crippen MR) is 230 cm³/mol. The third-order valence-corrected chi connectivity index (χ3v) is 10.8. The fraction of sp³-hybridized carbons (Fsp3) is 0. The Balaban J connectivity index is 1.15. The second-order valence-corrected chi connectivity index (χ2v) is 14.0. The lowest BCUT2D eigenvalue weighted by Gasteiger charge is -2.14. The van der Waals surface area contributed by atoms with E-state index in [1.165, 1.54) is 38.1 Å². The van der Waals surface area contributed by atoms with E-state index < -0.39 is 0 Å². The first-order chi connectivity index (χ1) is 27.8. The minimum atomic E-state index is 0.631. The Hall–Kier alpha value is -7.63. The van der Waals surface area contributed by atoms with Crippen molar-refractivity contribution in [2.75, 3.05) is 0 Å². The lowest BCUT2D eigenvalue weighted by Crippen LogP contribution is -2.01. The minimum Gasteiger partial charge on any atom is -0.309 e. The van der Waals surface area contributed by atoms with Gasteiger partial charge in [0.05, 0.1) is 22.1 Å². The molecule has 8 aromatic carbocycles. The third-order valence-electron chi connectivity index (χ3n) is 10.8. The van der Waals surface area contributed by atoms with Crippen LogP contribution in [0.1, 0.15) is 0 Å². The largest absolute Gasteiger partial charge is 0.309 e. The second kappa shape index (κ2) is 13.0. The molecule has 0 spiro atoms. The van der Waals surface area contributed by atoms with Crippen molar-refractivity contribution in [3.63, 3.8) is 0 Å². The zero-order chi connectivity index (χ0) is 37.0. The fourth-order valence-corrected chi connectivity index (χ4v) is 8.30. The monoisotopic (exact) mass is 715 g/mol. The van der Waals surface area contributed by atoms with Gasteiger partial charge in [0.15, 0.2) is 17.5 Å². The highest BCUT2D eigenvalue weighted by Crippen LogP contribution is 2.42. The third kappa shape index (κ3) is 5.13. The molecule has 0 N–H and O–H groups in total. The van der Waals surface area contributed by atoms with Crippen LogP contribution in [-0.2, 0) is 0 Å². The lowest BCUT2D eigenvalue weighted by molar-refractivity contribution is 1.07. The molecule has 56 heavy (non-hydrogen) atoms. The van der Waals surface area contributed by atoms with Gasteiger partial charge in [0.25, 0.3) is 0 Å². The SMILES string of the molecule is c1ccc(-c2nc(-c3ccccc3)nc(-c3ccccc3-c3cccc(-n4c5ccccc5c5ccc6c(c7ccccc7n6-c6ccccc6)c54)c3)n2)cc1. The van der Waals surface area contributed by atoms with E-state index in [2.05, 4.69) is 149 Å². The fourth-order valence-electron chi connectivity index (χ4n) is 8.30. The van der Waals surface area contributed by atoms with Crippen molar-refractivity contribution >= 4 is 43.6 Å². The van der Waals surface area contributed by atoms with E-state index in [1.807, 2.05) is 60.7 Å². The molecule has 11 aromatic rings. The Labute approximate surface area is 323 Å². The Bertz CT molecular complexity index is 3180. The van der Waals surface area contributed by atoms with Crippen LogP contribution in [0.15, 0.2) is 200 Å². The van der Waals surface area contributed by atoms with Crippen LogP contribution in [0.3, 0.4) is 0 Å². The van der Waals surface area contributed by atoms with E-state index in [9.17, 15) is 0 Å². The molecule has 0 radical (unpaired) electrons. The molecule has 0 aliphatic heterocycles. The van der Waals surface area contributed by atoms with Crippen molar-refractivity contribution in [1.82, 2.24) is 24.1 Å². The molecule has 3 heterocycles. The Morgan fingerprint density at radius 1 is 0.304 bits per heavy atom. The van der Waals surface area contributed by atoms with E-state index in [1.54, 1.807) is 0 Å². The summed E-state index contributed by atoms with van der Waals surface area (Å²) in [6, 6.07) is 70.3. The molecule has 11 rings (SSSR count). The standard InChI is InChI=1S/C51H33N5/c1-4-17-34(18-5-1)49-52-50(35-19-6-2-7-20-35)54-51(53-49)42-27-11-10-25-39(42)36-21-16-24-38(33-36)56-44-29-14-12-26-40(44)41-31-32-46-47(48(41)56)43-28-13-15-30-45(43)55(46)37-22-8-3-9-23-37/h1-33H. The van der Waals surface area contributed by atoms with Crippen molar-refractivity contribution in [1.29, 1.82) is 0 Å². The molecular weight excluding hydrogens is 683 g/mol.